The number of aryl methyl sites for hydroxylation is 2. The Morgan fingerprint density at radius 3 is 1.88 bits per heavy atom. The van der Waals surface area contributed by atoms with Crippen molar-refractivity contribution in [1.82, 2.24) is 4.90 Å². The molecule has 2 aromatic carbocycles. The van der Waals surface area contributed by atoms with Gasteiger partial charge in [-0.3, -0.25) is 4.79 Å². The Hall–Kier alpha value is -1.88. The van der Waals surface area contributed by atoms with E-state index in [2.05, 4.69) is 0 Å². The van der Waals surface area contributed by atoms with Crippen LogP contribution in [0.4, 0.5) is 0 Å². The minimum atomic E-state index is -0.722. The molecule has 0 fully saturated rings. The van der Waals surface area contributed by atoms with Crippen LogP contribution in [0.5, 0.6) is 0 Å². The van der Waals surface area contributed by atoms with Crippen molar-refractivity contribution in [3.63, 3.8) is 0 Å². The predicted molar refractivity (Wildman–Crippen MR) is 104 cm³/mol. The van der Waals surface area contributed by atoms with Gasteiger partial charge in [0.2, 0.25) is 5.91 Å². The molecule has 1 amide bonds. The van der Waals surface area contributed by atoms with Crippen LogP contribution in [0.25, 0.3) is 0 Å². The molecule has 0 bridgehead atoms. The zero-order valence-electron chi connectivity index (χ0n) is 15.0. The molecule has 2 rings (SSSR count). The van der Waals surface area contributed by atoms with Gasteiger partial charge in [-0.15, -0.1) is 12.4 Å². The van der Waals surface area contributed by atoms with Crippen LogP contribution in [0, 0.1) is 13.8 Å². The van der Waals surface area contributed by atoms with Gasteiger partial charge in [-0.25, -0.2) is 0 Å². The minimum absolute atomic E-state index is 0. The van der Waals surface area contributed by atoms with Crippen molar-refractivity contribution in [2.45, 2.75) is 32.9 Å². The standard InChI is InChI=1S/C20H26N2O2.ClH/c1-4-22(13-18(23)16-9-5-14(2)6-10-16)20(24)19(21)17-11-7-15(3)8-12-17;/h5-12,18-19,23H,4,13,21H2,1-3H3;1H. The minimum Gasteiger partial charge on any atom is -0.387 e. The van der Waals surface area contributed by atoms with E-state index < -0.39 is 12.1 Å². The van der Waals surface area contributed by atoms with Crippen molar-refractivity contribution in [3.05, 3.63) is 70.8 Å². The number of benzene rings is 2. The number of aliphatic hydroxyl groups excluding tert-OH is 1. The highest BCUT2D eigenvalue weighted by molar-refractivity contribution is 5.85. The second kappa shape index (κ2) is 9.56. The maximum atomic E-state index is 12.7. The van der Waals surface area contributed by atoms with Crippen LogP contribution in [-0.2, 0) is 4.79 Å². The van der Waals surface area contributed by atoms with E-state index in [9.17, 15) is 9.90 Å². The molecule has 0 aliphatic carbocycles. The van der Waals surface area contributed by atoms with Crippen LogP contribution in [0.15, 0.2) is 48.5 Å². The number of hydrogen-bond donors (Lipinski definition) is 2. The average Bonchev–Trinajstić information content (AvgIpc) is 2.59. The van der Waals surface area contributed by atoms with Gasteiger partial charge in [-0.1, -0.05) is 59.7 Å². The van der Waals surface area contributed by atoms with Gasteiger partial charge in [-0.2, -0.15) is 0 Å². The highest BCUT2D eigenvalue weighted by Crippen LogP contribution is 2.19. The summed E-state index contributed by atoms with van der Waals surface area (Å²) in [6.07, 6.45) is -0.722. The molecule has 2 aromatic rings. The van der Waals surface area contributed by atoms with Gasteiger partial charge in [0, 0.05) is 6.54 Å². The third-order valence-corrected chi connectivity index (χ3v) is 4.25. The lowest BCUT2D eigenvalue weighted by Crippen LogP contribution is -2.40. The Balaban J connectivity index is 0.00000312. The first-order chi connectivity index (χ1) is 11.4. The topological polar surface area (TPSA) is 66.6 Å². The van der Waals surface area contributed by atoms with Crippen LogP contribution >= 0.6 is 12.4 Å². The van der Waals surface area contributed by atoms with Crippen molar-refractivity contribution < 1.29 is 9.90 Å². The highest BCUT2D eigenvalue weighted by Gasteiger charge is 2.23. The fraction of sp³-hybridized carbons (Fsp3) is 0.350. The van der Waals surface area contributed by atoms with E-state index in [0.29, 0.717) is 6.54 Å². The Morgan fingerprint density at radius 2 is 1.44 bits per heavy atom. The number of amides is 1. The number of nitrogens with two attached hydrogens (primary N) is 1. The monoisotopic (exact) mass is 362 g/mol. The summed E-state index contributed by atoms with van der Waals surface area (Å²) in [7, 11) is 0. The molecule has 5 heteroatoms. The molecule has 0 radical (unpaired) electrons. The molecule has 0 spiro atoms. The summed E-state index contributed by atoms with van der Waals surface area (Å²) in [5.41, 5.74) is 9.97. The summed E-state index contributed by atoms with van der Waals surface area (Å²) in [5, 5.41) is 10.4. The molecule has 2 unspecified atom stereocenters. The number of carbonyl (C=O) groups is 1. The van der Waals surface area contributed by atoms with E-state index in [-0.39, 0.29) is 24.9 Å². The molecule has 25 heavy (non-hydrogen) atoms. The van der Waals surface area contributed by atoms with Gasteiger partial charge < -0.3 is 15.7 Å². The average molecular weight is 363 g/mol. The van der Waals surface area contributed by atoms with Crippen LogP contribution < -0.4 is 5.73 Å². The van der Waals surface area contributed by atoms with Crippen molar-refractivity contribution in [2.75, 3.05) is 13.1 Å². The largest absolute Gasteiger partial charge is 0.387 e. The first-order valence-electron chi connectivity index (χ1n) is 8.28. The number of hydrogen-bond acceptors (Lipinski definition) is 3. The summed E-state index contributed by atoms with van der Waals surface area (Å²) in [6.45, 7) is 6.62. The summed E-state index contributed by atoms with van der Waals surface area (Å²) >= 11 is 0. The lowest BCUT2D eigenvalue weighted by molar-refractivity contribution is -0.134. The normalized spacial score (nSPS) is 12.8. The second-order valence-corrected chi connectivity index (χ2v) is 6.19. The van der Waals surface area contributed by atoms with E-state index in [0.717, 1.165) is 22.3 Å². The molecule has 0 heterocycles. The number of rotatable bonds is 6. The smallest absolute Gasteiger partial charge is 0.244 e. The summed E-state index contributed by atoms with van der Waals surface area (Å²) in [5.74, 6) is -0.174. The third kappa shape index (κ3) is 5.56. The van der Waals surface area contributed by atoms with Gasteiger partial charge in [0.1, 0.15) is 6.04 Å². The highest BCUT2D eigenvalue weighted by atomic mass is 35.5. The van der Waals surface area contributed by atoms with E-state index in [1.54, 1.807) is 4.90 Å². The van der Waals surface area contributed by atoms with Crippen molar-refractivity contribution in [3.8, 4) is 0 Å². The Labute approximate surface area is 156 Å². The quantitative estimate of drug-likeness (QED) is 0.828. The number of halogens is 1. The van der Waals surface area contributed by atoms with Crippen LogP contribution in [0.1, 0.15) is 41.3 Å². The summed E-state index contributed by atoms with van der Waals surface area (Å²) < 4.78 is 0. The Kier molecular flexibility index (Phi) is 8.10. The fourth-order valence-corrected chi connectivity index (χ4v) is 2.59. The zero-order chi connectivity index (χ0) is 17.7. The SMILES string of the molecule is CCN(CC(O)c1ccc(C)cc1)C(=O)C(N)c1ccc(C)cc1.Cl. The fourth-order valence-electron chi connectivity index (χ4n) is 2.59. The Bertz CT molecular complexity index is 671. The lowest BCUT2D eigenvalue weighted by atomic mass is 10.0. The lowest BCUT2D eigenvalue weighted by Gasteiger charge is -2.27. The Morgan fingerprint density at radius 1 is 1.00 bits per heavy atom. The molecule has 0 saturated heterocycles. The molecule has 3 N–H and O–H groups in total. The molecule has 0 aliphatic heterocycles. The van der Waals surface area contributed by atoms with Crippen molar-refractivity contribution in [1.29, 1.82) is 0 Å². The van der Waals surface area contributed by atoms with Gasteiger partial charge >= 0.3 is 0 Å². The zero-order valence-corrected chi connectivity index (χ0v) is 15.8. The maximum absolute atomic E-state index is 12.7. The molecule has 0 aliphatic rings. The van der Waals surface area contributed by atoms with E-state index >= 15 is 0 Å². The molecular weight excluding hydrogens is 336 g/mol. The van der Waals surface area contributed by atoms with Crippen LogP contribution in [0.3, 0.4) is 0 Å². The predicted octanol–water partition coefficient (Wildman–Crippen LogP) is 3.31. The van der Waals surface area contributed by atoms with E-state index in [4.69, 9.17) is 5.73 Å². The van der Waals surface area contributed by atoms with Crippen molar-refractivity contribution in [2.24, 2.45) is 5.73 Å². The number of carbonyl (C=O) groups excluding carboxylic acids is 1. The van der Waals surface area contributed by atoms with E-state index in [1.807, 2.05) is 69.3 Å². The number of aliphatic hydroxyl groups is 1. The molecule has 4 nitrogen and oxygen atoms in total. The summed E-state index contributed by atoms with van der Waals surface area (Å²) in [6, 6.07) is 14.6. The first-order valence-corrected chi connectivity index (χ1v) is 8.28. The van der Waals surface area contributed by atoms with Gasteiger partial charge in [-0.05, 0) is 31.9 Å². The molecular formula is C20H27ClN2O2. The van der Waals surface area contributed by atoms with Gasteiger partial charge in [0.05, 0.1) is 12.6 Å². The molecule has 136 valence electrons. The first kappa shape index (κ1) is 21.2. The second-order valence-electron chi connectivity index (χ2n) is 6.19. The summed E-state index contributed by atoms with van der Waals surface area (Å²) in [4.78, 5) is 14.3. The maximum Gasteiger partial charge on any atom is 0.244 e. The van der Waals surface area contributed by atoms with Gasteiger partial charge in [0.25, 0.3) is 0 Å². The van der Waals surface area contributed by atoms with Gasteiger partial charge in [0.15, 0.2) is 0 Å². The third-order valence-electron chi connectivity index (χ3n) is 4.25. The van der Waals surface area contributed by atoms with Crippen LogP contribution in [-0.4, -0.2) is 29.0 Å². The molecule has 0 aromatic heterocycles. The van der Waals surface area contributed by atoms with Crippen LogP contribution in [0.2, 0.25) is 0 Å². The number of likely N-dealkylation sites (N-methyl/N-ethyl adjacent to an activating group) is 1. The molecule has 2 atom stereocenters. The molecule has 0 saturated carbocycles. The van der Waals surface area contributed by atoms with Crippen molar-refractivity contribution >= 4 is 18.3 Å². The van der Waals surface area contributed by atoms with E-state index in [1.165, 1.54) is 0 Å². The number of nitrogens with zero attached hydrogens (tertiary/aromatic N) is 1.